The summed E-state index contributed by atoms with van der Waals surface area (Å²) in [6, 6.07) is 14.0. The minimum absolute atomic E-state index is 0.0119. The number of ether oxygens (including phenoxy) is 1. The van der Waals surface area contributed by atoms with E-state index in [0.717, 1.165) is 44.3 Å². The normalized spacial score (nSPS) is 12.4. The molecule has 0 fully saturated rings. The summed E-state index contributed by atoms with van der Waals surface area (Å²) in [7, 11) is 4.06. The minimum Gasteiger partial charge on any atom is -0.488 e. The van der Waals surface area contributed by atoms with Gasteiger partial charge in [0, 0.05) is 16.4 Å². The van der Waals surface area contributed by atoms with E-state index in [0.29, 0.717) is 5.82 Å². The molecule has 0 radical (unpaired) electrons. The summed E-state index contributed by atoms with van der Waals surface area (Å²) in [5.41, 5.74) is 2.62. The molecule has 2 aromatic heterocycles. The summed E-state index contributed by atoms with van der Waals surface area (Å²) in [6.45, 7) is 2.86. The second-order valence-corrected chi connectivity index (χ2v) is 8.17. The average Bonchev–Trinajstić information content (AvgIpc) is 2.67. The average molecular weight is 452 g/mol. The van der Waals surface area contributed by atoms with Crippen LogP contribution in [0.2, 0.25) is 0 Å². The van der Waals surface area contributed by atoms with Gasteiger partial charge in [0.2, 0.25) is 0 Å². The fourth-order valence-electron chi connectivity index (χ4n) is 3.35. The second-order valence-electron chi connectivity index (χ2n) is 7.25. The highest BCUT2D eigenvalue weighted by Crippen LogP contribution is 2.35. The van der Waals surface area contributed by atoms with Gasteiger partial charge >= 0.3 is 0 Å². The van der Waals surface area contributed by atoms with E-state index in [9.17, 15) is 0 Å². The Hall–Kier alpha value is -2.77. The Kier molecular flexibility index (Phi) is 5.60. The van der Waals surface area contributed by atoms with Crippen molar-refractivity contribution < 1.29 is 4.74 Å². The highest BCUT2D eigenvalue weighted by molar-refractivity contribution is 9.10. The molecule has 2 aromatic carbocycles. The Morgan fingerprint density at radius 3 is 2.72 bits per heavy atom. The van der Waals surface area contributed by atoms with Crippen LogP contribution in [0, 0.1) is 0 Å². The first-order valence-corrected chi connectivity index (χ1v) is 10.2. The predicted octanol–water partition coefficient (Wildman–Crippen LogP) is 5.01. The molecule has 4 aromatic rings. The highest BCUT2D eigenvalue weighted by atomic mass is 79.9. The van der Waals surface area contributed by atoms with E-state index >= 15 is 0 Å². The number of anilines is 2. The van der Waals surface area contributed by atoms with Crippen molar-refractivity contribution in [1.29, 1.82) is 0 Å². The second kappa shape index (κ2) is 8.31. The van der Waals surface area contributed by atoms with Crippen molar-refractivity contribution in [1.82, 2.24) is 19.9 Å². The Labute approximate surface area is 178 Å². The Bertz CT molecular complexity index is 1160. The van der Waals surface area contributed by atoms with Crippen molar-refractivity contribution in [3.8, 4) is 5.75 Å². The largest absolute Gasteiger partial charge is 0.488 e. The fraction of sp³-hybridized carbons (Fsp3) is 0.227. The molecule has 2 heterocycles. The summed E-state index contributed by atoms with van der Waals surface area (Å²) in [5.74, 6) is 1.42. The maximum Gasteiger partial charge on any atom is 0.145 e. The lowest BCUT2D eigenvalue weighted by atomic mass is 10.2. The molecule has 148 valence electrons. The molecule has 0 unspecified atom stereocenters. The van der Waals surface area contributed by atoms with Gasteiger partial charge in [-0.1, -0.05) is 34.1 Å². The molecule has 0 aliphatic heterocycles. The van der Waals surface area contributed by atoms with Crippen LogP contribution in [-0.2, 0) is 0 Å². The zero-order chi connectivity index (χ0) is 20.4. The number of hydrogen-bond acceptors (Lipinski definition) is 6. The number of hydrogen-bond donors (Lipinski definition) is 1. The summed E-state index contributed by atoms with van der Waals surface area (Å²) in [5, 5.41) is 5.30. The van der Waals surface area contributed by atoms with Crippen LogP contribution in [-0.4, -0.2) is 46.6 Å². The van der Waals surface area contributed by atoms with Crippen molar-refractivity contribution in [2.45, 2.75) is 13.0 Å². The van der Waals surface area contributed by atoms with Gasteiger partial charge in [0.15, 0.2) is 0 Å². The van der Waals surface area contributed by atoms with Crippen LogP contribution in [0.5, 0.6) is 5.75 Å². The lowest BCUT2D eigenvalue weighted by Gasteiger charge is -2.20. The topological polar surface area (TPSA) is 63.2 Å². The van der Waals surface area contributed by atoms with Crippen LogP contribution in [0.3, 0.4) is 0 Å². The van der Waals surface area contributed by atoms with Gasteiger partial charge in [-0.25, -0.2) is 9.97 Å². The molecule has 7 heteroatoms. The van der Waals surface area contributed by atoms with Crippen molar-refractivity contribution in [3.63, 3.8) is 0 Å². The number of benzene rings is 2. The standard InChI is InChI=1S/C22H22BrN5O/c1-14(12-28(2)3)29-20-10-16(23)9-19-21(20)22(26-13-25-19)27-17-8-15-6-4-5-7-18(15)24-11-17/h4-11,13-14H,12H2,1-3H3,(H,25,26,27)/t14-/m1/s1. The summed E-state index contributed by atoms with van der Waals surface area (Å²) < 4.78 is 7.17. The number of aromatic nitrogens is 3. The van der Waals surface area contributed by atoms with E-state index in [1.165, 1.54) is 0 Å². The van der Waals surface area contributed by atoms with Gasteiger partial charge in [-0.3, -0.25) is 4.98 Å². The molecule has 29 heavy (non-hydrogen) atoms. The number of halogens is 1. The van der Waals surface area contributed by atoms with Gasteiger partial charge in [0.05, 0.1) is 28.3 Å². The minimum atomic E-state index is 0.0119. The first-order chi connectivity index (χ1) is 14.0. The SMILES string of the molecule is C[C@H](CN(C)C)Oc1cc(Br)cc2ncnc(Nc3cnc4ccccc4c3)c12. The summed E-state index contributed by atoms with van der Waals surface area (Å²) in [4.78, 5) is 15.5. The maximum absolute atomic E-state index is 6.26. The van der Waals surface area contributed by atoms with Crippen LogP contribution in [0.4, 0.5) is 11.5 Å². The smallest absolute Gasteiger partial charge is 0.145 e. The number of nitrogens with one attached hydrogen (secondary N) is 1. The van der Waals surface area contributed by atoms with Crippen LogP contribution in [0.15, 0.2) is 59.5 Å². The van der Waals surface area contributed by atoms with Crippen LogP contribution in [0.1, 0.15) is 6.92 Å². The third-order valence-corrected chi connectivity index (χ3v) is 4.93. The molecule has 1 N–H and O–H groups in total. The molecule has 0 aliphatic carbocycles. The summed E-state index contributed by atoms with van der Waals surface area (Å²) in [6.07, 6.45) is 3.38. The monoisotopic (exact) mass is 451 g/mol. The third-order valence-electron chi connectivity index (χ3n) is 4.47. The summed E-state index contributed by atoms with van der Waals surface area (Å²) >= 11 is 3.56. The van der Waals surface area contributed by atoms with Crippen LogP contribution >= 0.6 is 15.9 Å². The van der Waals surface area contributed by atoms with Crippen molar-refractivity contribution >= 4 is 49.2 Å². The molecular weight excluding hydrogens is 430 g/mol. The van der Waals surface area contributed by atoms with Gasteiger partial charge in [-0.15, -0.1) is 0 Å². The lowest BCUT2D eigenvalue weighted by molar-refractivity contribution is 0.179. The van der Waals surface area contributed by atoms with Gasteiger partial charge in [-0.2, -0.15) is 0 Å². The van der Waals surface area contributed by atoms with Gasteiger partial charge in [-0.05, 0) is 45.3 Å². The van der Waals surface area contributed by atoms with Crippen molar-refractivity contribution in [2.24, 2.45) is 0 Å². The molecule has 4 rings (SSSR count). The van der Waals surface area contributed by atoms with Gasteiger partial charge in [0.1, 0.15) is 24.0 Å². The molecule has 1 atom stereocenters. The molecule has 0 saturated heterocycles. The van der Waals surface area contributed by atoms with Crippen LogP contribution < -0.4 is 10.1 Å². The predicted molar refractivity (Wildman–Crippen MR) is 121 cm³/mol. The molecule has 0 aliphatic rings. The van der Waals surface area contributed by atoms with E-state index in [-0.39, 0.29) is 6.10 Å². The first-order valence-electron chi connectivity index (χ1n) is 9.37. The third kappa shape index (κ3) is 4.46. The Balaban J connectivity index is 1.75. The molecule has 6 nitrogen and oxygen atoms in total. The zero-order valence-corrected chi connectivity index (χ0v) is 18.1. The molecule has 0 spiro atoms. The quantitative estimate of drug-likeness (QED) is 0.444. The van der Waals surface area contributed by atoms with E-state index in [1.807, 2.05) is 56.7 Å². The number of rotatable bonds is 6. The van der Waals surface area contributed by atoms with Gasteiger partial charge in [0.25, 0.3) is 0 Å². The van der Waals surface area contributed by atoms with Crippen LogP contribution in [0.25, 0.3) is 21.8 Å². The molecule has 0 amide bonds. The van der Waals surface area contributed by atoms with Crippen molar-refractivity contribution in [3.05, 3.63) is 59.5 Å². The Morgan fingerprint density at radius 2 is 1.90 bits per heavy atom. The van der Waals surface area contributed by atoms with E-state index in [1.54, 1.807) is 6.33 Å². The van der Waals surface area contributed by atoms with E-state index in [2.05, 4.69) is 54.1 Å². The molecule has 0 saturated carbocycles. The zero-order valence-electron chi connectivity index (χ0n) is 16.6. The lowest BCUT2D eigenvalue weighted by Crippen LogP contribution is -2.28. The molecular formula is C22H22BrN5O. The molecule has 0 bridgehead atoms. The number of fused-ring (bicyclic) bond motifs is 2. The number of nitrogens with zero attached hydrogens (tertiary/aromatic N) is 4. The van der Waals surface area contributed by atoms with E-state index < -0.39 is 0 Å². The fourth-order valence-corrected chi connectivity index (χ4v) is 3.78. The first kappa shape index (κ1) is 19.5. The van der Waals surface area contributed by atoms with E-state index in [4.69, 9.17) is 4.74 Å². The highest BCUT2D eigenvalue weighted by Gasteiger charge is 2.15. The number of likely N-dealkylation sites (N-methyl/N-ethyl adjacent to an activating group) is 1. The number of para-hydroxylation sites is 1. The number of pyridine rings is 1. The Morgan fingerprint density at radius 1 is 1.07 bits per heavy atom. The maximum atomic E-state index is 6.26. The van der Waals surface area contributed by atoms with Crippen molar-refractivity contribution in [2.75, 3.05) is 26.0 Å². The van der Waals surface area contributed by atoms with Gasteiger partial charge < -0.3 is 15.0 Å².